The van der Waals surface area contributed by atoms with E-state index in [0.717, 1.165) is 28.7 Å². The molecular formula is C25H23FN2O3. The maximum absolute atomic E-state index is 14.2. The number of anilines is 2. The number of amides is 4. The summed E-state index contributed by atoms with van der Waals surface area (Å²) < 4.78 is 14.2. The summed E-state index contributed by atoms with van der Waals surface area (Å²) in [5.74, 6) is -0.272. The fraction of sp³-hybridized carbons (Fsp3) is 0.400. The van der Waals surface area contributed by atoms with Crippen molar-refractivity contribution in [2.75, 3.05) is 9.80 Å². The van der Waals surface area contributed by atoms with Gasteiger partial charge < -0.3 is 0 Å². The molecule has 1 aliphatic heterocycles. The zero-order valence-corrected chi connectivity index (χ0v) is 17.1. The quantitative estimate of drug-likeness (QED) is 0.532. The van der Waals surface area contributed by atoms with Crippen LogP contribution < -0.4 is 9.80 Å². The minimum atomic E-state index is -1.04. The van der Waals surface area contributed by atoms with Gasteiger partial charge in [0, 0.05) is 0 Å². The van der Waals surface area contributed by atoms with Crippen LogP contribution in [0.15, 0.2) is 48.5 Å². The maximum atomic E-state index is 14.2. The second-order valence-electron chi connectivity index (χ2n) is 9.76. The van der Waals surface area contributed by atoms with Crippen molar-refractivity contribution in [3.05, 3.63) is 59.9 Å². The first-order chi connectivity index (χ1) is 14.9. The van der Waals surface area contributed by atoms with Crippen molar-refractivity contribution in [1.29, 1.82) is 0 Å². The standard InChI is InChI=1S/C25H23FN2O3/c26-20-3-1-2-4-21(20)28-23(30)22(29)27(24(28)31)19-7-5-18(6-8-19)25-12-15-9-16(13-25)11-17(10-15)14-25/h1-8,15-17H,9-14H2. The Morgan fingerprint density at radius 1 is 0.742 bits per heavy atom. The molecule has 4 amide bonds. The summed E-state index contributed by atoms with van der Waals surface area (Å²) in [6.45, 7) is 0. The van der Waals surface area contributed by atoms with E-state index in [4.69, 9.17) is 0 Å². The second-order valence-corrected chi connectivity index (χ2v) is 9.76. The number of rotatable bonds is 3. The van der Waals surface area contributed by atoms with E-state index in [1.807, 2.05) is 12.1 Å². The number of nitrogens with zero attached hydrogens (tertiary/aromatic N) is 2. The third-order valence-corrected chi connectivity index (χ3v) is 7.84. The van der Waals surface area contributed by atoms with Crippen LogP contribution in [-0.2, 0) is 15.0 Å². The van der Waals surface area contributed by atoms with Crippen LogP contribution in [0.25, 0.3) is 0 Å². The molecule has 5 nitrogen and oxygen atoms in total. The highest BCUT2D eigenvalue weighted by molar-refractivity contribution is 6.60. The van der Waals surface area contributed by atoms with E-state index in [1.54, 1.807) is 12.1 Å². The summed E-state index contributed by atoms with van der Waals surface area (Å²) in [4.78, 5) is 39.5. The average Bonchev–Trinajstić information content (AvgIpc) is 2.96. The molecule has 158 valence electrons. The number of para-hydroxylation sites is 1. The van der Waals surface area contributed by atoms with E-state index in [9.17, 15) is 18.8 Å². The minimum absolute atomic E-state index is 0.210. The van der Waals surface area contributed by atoms with Crippen molar-refractivity contribution in [3.8, 4) is 0 Å². The second kappa shape index (κ2) is 6.49. The summed E-state index contributed by atoms with van der Waals surface area (Å²) in [6, 6.07) is 12.1. The third kappa shape index (κ3) is 2.70. The Hall–Kier alpha value is -3.02. The van der Waals surface area contributed by atoms with E-state index >= 15 is 0 Å². The van der Waals surface area contributed by atoms with E-state index in [2.05, 4.69) is 0 Å². The highest BCUT2D eigenvalue weighted by Gasteiger charge is 2.52. The zero-order valence-electron chi connectivity index (χ0n) is 17.1. The van der Waals surface area contributed by atoms with Gasteiger partial charge >= 0.3 is 17.8 Å². The predicted molar refractivity (Wildman–Crippen MR) is 113 cm³/mol. The number of halogens is 1. The number of hydrogen-bond donors (Lipinski definition) is 0. The van der Waals surface area contributed by atoms with Crippen molar-refractivity contribution >= 4 is 29.2 Å². The third-order valence-electron chi connectivity index (χ3n) is 7.84. The molecular weight excluding hydrogens is 395 g/mol. The van der Waals surface area contributed by atoms with Crippen molar-refractivity contribution < 1.29 is 18.8 Å². The lowest BCUT2D eigenvalue weighted by Crippen LogP contribution is -2.48. The average molecular weight is 418 g/mol. The highest BCUT2D eigenvalue weighted by Crippen LogP contribution is 2.60. The van der Waals surface area contributed by atoms with Gasteiger partial charge in [-0.2, -0.15) is 0 Å². The number of benzene rings is 2. The van der Waals surface area contributed by atoms with Crippen LogP contribution in [0, 0.1) is 23.6 Å². The molecule has 7 rings (SSSR count). The fourth-order valence-electron chi connectivity index (χ4n) is 6.97. The molecule has 31 heavy (non-hydrogen) atoms. The van der Waals surface area contributed by atoms with Crippen LogP contribution in [0.2, 0.25) is 0 Å². The monoisotopic (exact) mass is 418 g/mol. The molecule has 0 N–H and O–H groups in total. The molecule has 4 aliphatic carbocycles. The van der Waals surface area contributed by atoms with Gasteiger partial charge in [0.25, 0.3) is 0 Å². The van der Waals surface area contributed by atoms with Gasteiger partial charge in [0.15, 0.2) is 0 Å². The Balaban J connectivity index is 1.31. The van der Waals surface area contributed by atoms with Crippen molar-refractivity contribution in [3.63, 3.8) is 0 Å². The molecule has 4 saturated carbocycles. The number of carbonyl (C=O) groups is 3. The summed E-state index contributed by atoms with van der Waals surface area (Å²) in [7, 11) is 0. The van der Waals surface area contributed by atoms with Gasteiger partial charge in [-0.3, -0.25) is 9.59 Å². The zero-order chi connectivity index (χ0) is 21.3. The highest BCUT2D eigenvalue weighted by atomic mass is 19.1. The smallest absolute Gasteiger partial charge is 0.262 e. The van der Waals surface area contributed by atoms with Gasteiger partial charge in [-0.1, -0.05) is 24.3 Å². The molecule has 0 spiro atoms. The van der Waals surface area contributed by atoms with Gasteiger partial charge in [0.2, 0.25) is 0 Å². The summed E-state index contributed by atoms with van der Waals surface area (Å²) >= 11 is 0. The van der Waals surface area contributed by atoms with Crippen LogP contribution in [0.4, 0.5) is 20.6 Å². The lowest BCUT2D eigenvalue weighted by atomic mass is 9.48. The predicted octanol–water partition coefficient (Wildman–Crippen LogP) is 4.79. The molecule has 2 aromatic carbocycles. The molecule has 0 radical (unpaired) electrons. The van der Waals surface area contributed by atoms with E-state index in [-0.39, 0.29) is 11.1 Å². The topological polar surface area (TPSA) is 57.7 Å². The molecule has 6 heteroatoms. The Kier molecular flexibility index (Phi) is 3.92. The largest absolute Gasteiger partial charge is 0.343 e. The first kappa shape index (κ1) is 18.7. The number of urea groups is 1. The first-order valence-corrected chi connectivity index (χ1v) is 11.0. The Labute approximate surface area is 179 Å². The van der Waals surface area contributed by atoms with E-state index < -0.39 is 23.7 Å². The van der Waals surface area contributed by atoms with Gasteiger partial charge in [-0.05, 0) is 91.5 Å². The fourth-order valence-corrected chi connectivity index (χ4v) is 6.97. The Morgan fingerprint density at radius 2 is 1.29 bits per heavy atom. The number of hydrogen-bond acceptors (Lipinski definition) is 3. The van der Waals surface area contributed by atoms with E-state index in [0.29, 0.717) is 10.6 Å². The van der Waals surface area contributed by atoms with Crippen LogP contribution in [0.5, 0.6) is 0 Å². The van der Waals surface area contributed by atoms with Crippen LogP contribution >= 0.6 is 0 Å². The van der Waals surface area contributed by atoms with Crippen molar-refractivity contribution in [1.82, 2.24) is 0 Å². The summed E-state index contributed by atoms with van der Waals surface area (Å²) in [5.41, 5.74) is 1.61. The van der Waals surface area contributed by atoms with Crippen molar-refractivity contribution in [2.45, 2.75) is 43.9 Å². The molecule has 5 aliphatic rings. The molecule has 0 unspecified atom stereocenters. The van der Waals surface area contributed by atoms with E-state index in [1.165, 1.54) is 62.3 Å². The summed E-state index contributed by atoms with van der Waals surface area (Å²) in [6.07, 6.45) is 7.75. The Bertz CT molecular complexity index is 1070. The molecule has 5 fully saturated rings. The maximum Gasteiger partial charge on any atom is 0.343 e. The Morgan fingerprint density at radius 3 is 1.87 bits per heavy atom. The SMILES string of the molecule is O=C1C(=O)N(c2ccccc2F)C(=O)N1c1ccc(C23CC4CC(CC(C4)C2)C3)cc1. The lowest BCUT2D eigenvalue weighted by Gasteiger charge is -2.57. The molecule has 0 aromatic heterocycles. The molecule has 4 bridgehead atoms. The molecule has 1 saturated heterocycles. The minimum Gasteiger partial charge on any atom is -0.262 e. The lowest BCUT2D eigenvalue weighted by molar-refractivity contribution is -0.133. The van der Waals surface area contributed by atoms with Crippen LogP contribution in [0.1, 0.15) is 44.1 Å². The molecule has 2 aromatic rings. The summed E-state index contributed by atoms with van der Waals surface area (Å²) in [5, 5.41) is 0. The normalized spacial score (nSPS) is 31.8. The van der Waals surface area contributed by atoms with Crippen LogP contribution in [-0.4, -0.2) is 17.8 Å². The number of imide groups is 2. The molecule has 0 atom stereocenters. The van der Waals surface area contributed by atoms with Crippen LogP contribution in [0.3, 0.4) is 0 Å². The van der Waals surface area contributed by atoms with Gasteiger partial charge in [0.05, 0.1) is 11.4 Å². The van der Waals surface area contributed by atoms with Crippen molar-refractivity contribution in [2.24, 2.45) is 17.8 Å². The number of carbonyl (C=O) groups excluding carboxylic acids is 3. The van der Waals surface area contributed by atoms with Gasteiger partial charge in [-0.15, -0.1) is 0 Å². The first-order valence-electron chi connectivity index (χ1n) is 11.0. The molecule has 1 heterocycles. The van der Waals surface area contributed by atoms with Gasteiger partial charge in [0.1, 0.15) is 5.82 Å². The van der Waals surface area contributed by atoms with Gasteiger partial charge in [-0.25, -0.2) is 19.0 Å².